The molecule has 1 heteroatoms. The fraction of sp³-hybridized carbons (Fsp3) is 0.545. The summed E-state index contributed by atoms with van der Waals surface area (Å²) in [6.45, 7) is 4.62. The molecule has 1 saturated carbocycles. The quantitative estimate of drug-likeness (QED) is 0.650. The van der Waals surface area contributed by atoms with Crippen molar-refractivity contribution < 1.29 is 0 Å². The predicted molar refractivity (Wildman–Crippen MR) is 49.9 cm³/mol. The number of rotatable bonds is 2. The van der Waals surface area contributed by atoms with E-state index in [1.165, 1.54) is 12.0 Å². The molecule has 0 bridgehead atoms. The lowest BCUT2D eigenvalue weighted by Crippen LogP contribution is -1.92. The van der Waals surface area contributed by atoms with E-state index in [1.807, 2.05) is 12.4 Å². The molecule has 0 aromatic carbocycles. The van der Waals surface area contributed by atoms with Gasteiger partial charge in [-0.05, 0) is 41.9 Å². The van der Waals surface area contributed by atoms with Crippen molar-refractivity contribution in [1.29, 1.82) is 0 Å². The van der Waals surface area contributed by atoms with Crippen LogP contribution in [0.2, 0.25) is 0 Å². The van der Waals surface area contributed by atoms with Gasteiger partial charge in [0.05, 0.1) is 0 Å². The van der Waals surface area contributed by atoms with Crippen LogP contribution in [0.4, 0.5) is 0 Å². The van der Waals surface area contributed by atoms with Crippen molar-refractivity contribution in [2.45, 2.75) is 26.2 Å². The molecule has 0 radical (unpaired) electrons. The minimum atomic E-state index is 0.827. The zero-order valence-electron chi connectivity index (χ0n) is 7.70. The van der Waals surface area contributed by atoms with Crippen molar-refractivity contribution in [3.63, 3.8) is 0 Å². The van der Waals surface area contributed by atoms with Crippen molar-refractivity contribution >= 4 is 0 Å². The molecule has 1 heterocycles. The summed E-state index contributed by atoms with van der Waals surface area (Å²) in [5.41, 5.74) is 1.48. The van der Waals surface area contributed by atoms with E-state index < -0.39 is 0 Å². The van der Waals surface area contributed by atoms with Crippen LogP contribution in [0.3, 0.4) is 0 Å². The Morgan fingerprint density at radius 1 is 1.33 bits per heavy atom. The van der Waals surface area contributed by atoms with E-state index in [4.69, 9.17) is 0 Å². The van der Waals surface area contributed by atoms with Crippen LogP contribution < -0.4 is 0 Å². The molecule has 2 atom stereocenters. The molecule has 0 N–H and O–H groups in total. The van der Waals surface area contributed by atoms with Crippen LogP contribution in [-0.2, 0) is 0 Å². The number of hydrogen-bond donors (Lipinski definition) is 0. The van der Waals surface area contributed by atoms with Gasteiger partial charge in [0, 0.05) is 12.4 Å². The maximum Gasteiger partial charge on any atom is 0.0270 e. The summed E-state index contributed by atoms with van der Waals surface area (Å²) in [5.74, 6) is 2.59. The monoisotopic (exact) mass is 161 g/mol. The molecule has 64 valence electrons. The molecular weight excluding hydrogens is 146 g/mol. The minimum absolute atomic E-state index is 0.827. The maximum absolute atomic E-state index is 4.03. The first-order valence-electron chi connectivity index (χ1n) is 4.69. The highest BCUT2D eigenvalue weighted by molar-refractivity contribution is 5.23. The SMILES string of the molecule is CC(C)[C@@H]1C[C@H]1c1ccncc1. The molecule has 1 aliphatic rings. The Bertz CT molecular complexity index is 253. The van der Waals surface area contributed by atoms with E-state index in [9.17, 15) is 0 Å². The Labute approximate surface area is 73.8 Å². The second-order valence-electron chi connectivity index (χ2n) is 4.03. The van der Waals surface area contributed by atoms with E-state index in [-0.39, 0.29) is 0 Å². The summed E-state index contributed by atoms with van der Waals surface area (Å²) in [5, 5.41) is 0. The number of pyridine rings is 1. The van der Waals surface area contributed by atoms with Gasteiger partial charge in [-0.1, -0.05) is 13.8 Å². The number of nitrogens with zero attached hydrogens (tertiary/aromatic N) is 1. The van der Waals surface area contributed by atoms with Crippen LogP contribution in [0.25, 0.3) is 0 Å². The Hall–Kier alpha value is -0.850. The van der Waals surface area contributed by atoms with Crippen LogP contribution in [-0.4, -0.2) is 4.98 Å². The molecule has 0 unspecified atom stereocenters. The molecule has 0 saturated heterocycles. The van der Waals surface area contributed by atoms with E-state index in [0.717, 1.165) is 17.8 Å². The fourth-order valence-corrected chi connectivity index (χ4v) is 1.95. The highest BCUT2D eigenvalue weighted by Gasteiger charge is 2.39. The van der Waals surface area contributed by atoms with Crippen LogP contribution in [0, 0.1) is 11.8 Å². The predicted octanol–water partition coefficient (Wildman–Crippen LogP) is 2.84. The average Bonchev–Trinajstić information content (AvgIpc) is 2.84. The second kappa shape index (κ2) is 2.89. The van der Waals surface area contributed by atoms with Crippen molar-refractivity contribution in [1.82, 2.24) is 4.98 Å². The van der Waals surface area contributed by atoms with Gasteiger partial charge < -0.3 is 0 Å². The normalized spacial score (nSPS) is 27.6. The Morgan fingerprint density at radius 2 is 2.00 bits per heavy atom. The van der Waals surface area contributed by atoms with Crippen molar-refractivity contribution in [2.24, 2.45) is 11.8 Å². The van der Waals surface area contributed by atoms with Gasteiger partial charge in [0.15, 0.2) is 0 Å². The van der Waals surface area contributed by atoms with Crippen LogP contribution in [0.1, 0.15) is 31.7 Å². The molecule has 1 aromatic rings. The summed E-state index contributed by atoms with van der Waals surface area (Å²) in [6, 6.07) is 4.29. The highest BCUT2D eigenvalue weighted by atomic mass is 14.6. The third kappa shape index (κ3) is 1.36. The number of hydrogen-bond acceptors (Lipinski definition) is 1. The van der Waals surface area contributed by atoms with Crippen molar-refractivity contribution in [3.05, 3.63) is 30.1 Å². The lowest BCUT2D eigenvalue weighted by Gasteiger charge is -2.02. The third-order valence-electron chi connectivity index (χ3n) is 2.83. The van der Waals surface area contributed by atoms with Crippen molar-refractivity contribution in [3.8, 4) is 0 Å². The van der Waals surface area contributed by atoms with Crippen LogP contribution in [0.5, 0.6) is 0 Å². The Balaban J connectivity index is 2.06. The van der Waals surface area contributed by atoms with Gasteiger partial charge >= 0.3 is 0 Å². The van der Waals surface area contributed by atoms with E-state index in [1.54, 1.807) is 0 Å². The van der Waals surface area contributed by atoms with Crippen LogP contribution >= 0.6 is 0 Å². The Morgan fingerprint density at radius 3 is 2.50 bits per heavy atom. The molecule has 2 rings (SSSR count). The standard InChI is InChI=1S/C11H15N/c1-8(2)10-7-11(10)9-3-5-12-6-4-9/h3-6,8,10-11H,7H2,1-2H3/t10-,11-/m0/s1. The first-order valence-corrected chi connectivity index (χ1v) is 4.69. The van der Waals surface area contributed by atoms with Gasteiger partial charge in [0.25, 0.3) is 0 Å². The zero-order chi connectivity index (χ0) is 8.55. The summed E-state index contributed by atoms with van der Waals surface area (Å²) in [4.78, 5) is 4.03. The van der Waals surface area contributed by atoms with E-state index in [2.05, 4.69) is 31.0 Å². The lowest BCUT2D eigenvalue weighted by molar-refractivity contribution is 0.548. The average molecular weight is 161 g/mol. The largest absolute Gasteiger partial charge is 0.265 e. The van der Waals surface area contributed by atoms with E-state index >= 15 is 0 Å². The smallest absolute Gasteiger partial charge is 0.0270 e. The molecule has 1 aromatic heterocycles. The molecular formula is C11H15N. The molecule has 1 fully saturated rings. The first-order chi connectivity index (χ1) is 5.79. The number of aromatic nitrogens is 1. The molecule has 1 aliphatic carbocycles. The van der Waals surface area contributed by atoms with Gasteiger partial charge in [-0.15, -0.1) is 0 Å². The second-order valence-corrected chi connectivity index (χ2v) is 4.03. The Kier molecular flexibility index (Phi) is 1.87. The topological polar surface area (TPSA) is 12.9 Å². The molecule has 12 heavy (non-hydrogen) atoms. The first kappa shape index (κ1) is 7.78. The summed E-state index contributed by atoms with van der Waals surface area (Å²) in [7, 11) is 0. The fourth-order valence-electron chi connectivity index (χ4n) is 1.95. The molecule has 0 aliphatic heterocycles. The summed E-state index contributed by atoms with van der Waals surface area (Å²) >= 11 is 0. The van der Waals surface area contributed by atoms with Crippen molar-refractivity contribution in [2.75, 3.05) is 0 Å². The van der Waals surface area contributed by atoms with Gasteiger partial charge in [-0.25, -0.2) is 0 Å². The van der Waals surface area contributed by atoms with Gasteiger partial charge in [-0.2, -0.15) is 0 Å². The van der Waals surface area contributed by atoms with Crippen LogP contribution in [0.15, 0.2) is 24.5 Å². The van der Waals surface area contributed by atoms with Gasteiger partial charge in [-0.3, -0.25) is 4.98 Å². The molecule has 1 nitrogen and oxygen atoms in total. The third-order valence-corrected chi connectivity index (χ3v) is 2.83. The molecule has 0 spiro atoms. The molecule has 0 amide bonds. The lowest BCUT2D eigenvalue weighted by atomic mass is 10.0. The van der Waals surface area contributed by atoms with E-state index in [0.29, 0.717) is 0 Å². The van der Waals surface area contributed by atoms with Gasteiger partial charge in [0.1, 0.15) is 0 Å². The summed E-state index contributed by atoms with van der Waals surface area (Å²) < 4.78 is 0. The minimum Gasteiger partial charge on any atom is -0.265 e. The summed E-state index contributed by atoms with van der Waals surface area (Å²) in [6.07, 6.45) is 5.16. The maximum atomic E-state index is 4.03. The van der Waals surface area contributed by atoms with Gasteiger partial charge in [0.2, 0.25) is 0 Å². The zero-order valence-corrected chi connectivity index (χ0v) is 7.70. The highest BCUT2D eigenvalue weighted by Crippen LogP contribution is 2.51.